The Hall–Kier alpha value is -0.290. The summed E-state index contributed by atoms with van der Waals surface area (Å²) in [6, 6.07) is 0.117. The molecule has 0 aromatic heterocycles. The van der Waals surface area contributed by atoms with Crippen LogP contribution < -0.4 is 5.73 Å². The zero-order chi connectivity index (χ0) is 10.5. The summed E-state index contributed by atoms with van der Waals surface area (Å²) in [7, 11) is 0. The molecule has 0 amide bonds. The number of nitrogens with two attached hydrogens (primary N) is 1. The van der Waals surface area contributed by atoms with Crippen molar-refractivity contribution in [1.29, 1.82) is 0 Å². The lowest BCUT2D eigenvalue weighted by Crippen LogP contribution is -2.37. The van der Waals surface area contributed by atoms with Gasteiger partial charge in [0.1, 0.15) is 0 Å². The van der Waals surface area contributed by atoms with Crippen molar-refractivity contribution in [1.82, 2.24) is 4.90 Å². The van der Waals surface area contributed by atoms with Crippen molar-refractivity contribution in [2.24, 2.45) is 5.73 Å². The number of alkyl halides is 3. The van der Waals surface area contributed by atoms with Gasteiger partial charge >= 0.3 is 6.18 Å². The van der Waals surface area contributed by atoms with Crippen molar-refractivity contribution in [3.05, 3.63) is 0 Å². The van der Waals surface area contributed by atoms with Gasteiger partial charge in [-0.15, -0.1) is 0 Å². The molecule has 80 valence electrons. The van der Waals surface area contributed by atoms with Crippen LogP contribution in [0.4, 0.5) is 13.2 Å². The first kappa shape index (κ1) is 12.7. The van der Waals surface area contributed by atoms with Crippen molar-refractivity contribution >= 4 is 0 Å². The molecule has 0 atom stereocenters. The van der Waals surface area contributed by atoms with Crippen molar-refractivity contribution in [2.75, 3.05) is 19.6 Å². The van der Waals surface area contributed by atoms with Crippen molar-refractivity contribution in [3.63, 3.8) is 0 Å². The van der Waals surface area contributed by atoms with E-state index in [-0.39, 0.29) is 12.6 Å². The summed E-state index contributed by atoms with van der Waals surface area (Å²) in [5, 5.41) is 0. The zero-order valence-electron chi connectivity index (χ0n) is 8.06. The molecule has 0 aromatic carbocycles. The van der Waals surface area contributed by atoms with Gasteiger partial charge in [-0.1, -0.05) is 0 Å². The average molecular weight is 198 g/mol. The van der Waals surface area contributed by atoms with E-state index in [0.29, 0.717) is 13.1 Å². The molecule has 0 heterocycles. The maximum Gasteiger partial charge on any atom is 0.390 e. The third kappa shape index (κ3) is 6.83. The second-order valence-electron chi connectivity index (χ2n) is 3.28. The lowest BCUT2D eigenvalue weighted by Gasteiger charge is -2.26. The van der Waals surface area contributed by atoms with E-state index in [1.807, 2.05) is 13.8 Å². The molecule has 0 rings (SSSR count). The van der Waals surface area contributed by atoms with E-state index in [2.05, 4.69) is 0 Å². The van der Waals surface area contributed by atoms with Gasteiger partial charge < -0.3 is 5.73 Å². The Morgan fingerprint density at radius 1 is 1.23 bits per heavy atom. The molecule has 2 nitrogen and oxygen atoms in total. The fourth-order valence-electron chi connectivity index (χ4n) is 1.06. The SMILES string of the molecule is CC(C)N(CCN)CCC(F)(F)F. The van der Waals surface area contributed by atoms with Crippen LogP contribution in [0.15, 0.2) is 0 Å². The molecule has 0 radical (unpaired) electrons. The Balaban J connectivity index is 3.82. The maximum absolute atomic E-state index is 11.9. The largest absolute Gasteiger partial charge is 0.390 e. The Kier molecular flexibility index (Phi) is 5.32. The van der Waals surface area contributed by atoms with E-state index in [9.17, 15) is 13.2 Å². The molecule has 0 bridgehead atoms. The third-order valence-corrected chi connectivity index (χ3v) is 1.83. The first-order valence-corrected chi connectivity index (χ1v) is 4.37. The summed E-state index contributed by atoms with van der Waals surface area (Å²) in [4.78, 5) is 1.73. The van der Waals surface area contributed by atoms with Crippen molar-refractivity contribution in [3.8, 4) is 0 Å². The maximum atomic E-state index is 11.9. The minimum atomic E-state index is -4.07. The molecule has 0 aromatic rings. The van der Waals surface area contributed by atoms with Gasteiger partial charge in [-0.3, -0.25) is 4.90 Å². The first-order chi connectivity index (χ1) is 5.87. The van der Waals surface area contributed by atoms with Crippen LogP contribution in [0, 0.1) is 0 Å². The van der Waals surface area contributed by atoms with Crippen molar-refractivity contribution in [2.45, 2.75) is 32.5 Å². The van der Waals surface area contributed by atoms with Gasteiger partial charge in [0.15, 0.2) is 0 Å². The highest BCUT2D eigenvalue weighted by molar-refractivity contribution is 4.65. The van der Waals surface area contributed by atoms with Crippen LogP contribution in [0.25, 0.3) is 0 Å². The van der Waals surface area contributed by atoms with Gasteiger partial charge in [-0.2, -0.15) is 13.2 Å². The number of halogens is 3. The van der Waals surface area contributed by atoms with Gasteiger partial charge in [-0.05, 0) is 13.8 Å². The van der Waals surface area contributed by atoms with E-state index >= 15 is 0 Å². The summed E-state index contributed by atoms with van der Waals surface area (Å²) in [5.41, 5.74) is 5.28. The Labute approximate surface area is 76.9 Å². The predicted molar refractivity (Wildman–Crippen MR) is 46.4 cm³/mol. The van der Waals surface area contributed by atoms with Crippen LogP contribution in [0.5, 0.6) is 0 Å². The lowest BCUT2D eigenvalue weighted by molar-refractivity contribution is -0.138. The van der Waals surface area contributed by atoms with E-state index in [1.165, 1.54) is 0 Å². The standard InChI is InChI=1S/C8H17F3N2/c1-7(2)13(6-4-12)5-3-8(9,10)11/h7H,3-6,12H2,1-2H3. The zero-order valence-corrected chi connectivity index (χ0v) is 8.06. The molecular formula is C8H17F3N2. The molecule has 2 N–H and O–H groups in total. The summed E-state index contributed by atoms with van der Waals surface area (Å²) < 4.78 is 35.6. The van der Waals surface area contributed by atoms with E-state index in [4.69, 9.17) is 5.73 Å². The Morgan fingerprint density at radius 3 is 2.08 bits per heavy atom. The Bertz CT molecular complexity index is 134. The van der Waals surface area contributed by atoms with Crippen LogP contribution in [0.1, 0.15) is 20.3 Å². The number of rotatable bonds is 5. The second-order valence-corrected chi connectivity index (χ2v) is 3.28. The molecule has 0 saturated carbocycles. The summed E-state index contributed by atoms with van der Waals surface area (Å²) >= 11 is 0. The topological polar surface area (TPSA) is 29.3 Å². The third-order valence-electron chi connectivity index (χ3n) is 1.83. The molecule has 0 saturated heterocycles. The van der Waals surface area contributed by atoms with Gasteiger partial charge in [0.25, 0.3) is 0 Å². The quantitative estimate of drug-likeness (QED) is 0.727. The number of nitrogens with zero attached hydrogens (tertiary/aromatic N) is 1. The lowest BCUT2D eigenvalue weighted by atomic mass is 10.3. The second kappa shape index (κ2) is 5.44. The van der Waals surface area contributed by atoms with Gasteiger partial charge in [0, 0.05) is 25.7 Å². The minimum absolute atomic E-state index is 0.0400. The molecule has 0 aliphatic heterocycles. The van der Waals surface area contributed by atoms with E-state index < -0.39 is 12.6 Å². The fourth-order valence-corrected chi connectivity index (χ4v) is 1.06. The molecule has 13 heavy (non-hydrogen) atoms. The average Bonchev–Trinajstić information content (AvgIpc) is 1.95. The van der Waals surface area contributed by atoms with Gasteiger partial charge in [0.2, 0.25) is 0 Å². The van der Waals surface area contributed by atoms with E-state index in [0.717, 1.165) is 0 Å². The molecule has 0 unspecified atom stereocenters. The highest BCUT2D eigenvalue weighted by atomic mass is 19.4. The Morgan fingerprint density at radius 2 is 1.77 bits per heavy atom. The van der Waals surface area contributed by atoms with Gasteiger partial charge in [0.05, 0.1) is 6.42 Å². The highest BCUT2D eigenvalue weighted by Crippen LogP contribution is 2.20. The molecule has 0 fully saturated rings. The van der Waals surface area contributed by atoms with E-state index in [1.54, 1.807) is 4.90 Å². The summed E-state index contributed by atoms with van der Waals surface area (Å²) in [5.74, 6) is 0. The van der Waals surface area contributed by atoms with Crippen LogP contribution in [-0.4, -0.2) is 36.8 Å². The van der Waals surface area contributed by atoms with Crippen LogP contribution in [0.3, 0.4) is 0 Å². The molecule has 0 aliphatic rings. The molecule has 5 heteroatoms. The number of hydrogen-bond acceptors (Lipinski definition) is 2. The van der Waals surface area contributed by atoms with Gasteiger partial charge in [-0.25, -0.2) is 0 Å². The predicted octanol–water partition coefficient (Wildman–Crippen LogP) is 1.61. The highest BCUT2D eigenvalue weighted by Gasteiger charge is 2.27. The van der Waals surface area contributed by atoms with Crippen LogP contribution in [0.2, 0.25) is 0 Å². The smallest absolute Gasteiger partial charge is 0.329 e. The number of hydrogen-bond donors (Lipinski definition) is 1. The summed E-state index contributed by atoms with van der Waals surface area (Å²) in [6.45, 7) is 4.69. The fraction of sp³-hybridized carbons (Fsp3) is 1.00. The van der Waals surface area contributed by atoms with Crippen LogP contribution in [-0.2, 0) is 0 Å². The monoisotopic (exact) mass is 198 g/mol. The minimum Gasteiger partial charge on any atom is -0.329 e. The summed E-state index contributed by atoms with van der Waals surface area (Å²) in [6.07, 6.45) is -4.83. The van der Waals surface area contributed by atoms with Crippen molar-refractivity contribution < 1.29 is 13.2 Å². The normalized spacial score (nSPS) is 12.9. The molecule has 0 spiro atoms. The molecule has 0 aliphatic carbocycles. The molecular weight excluding hydrogens is 181 g/mol. The van der Waals surface area contributed by atoms with Crippen LogP contribution >= 0.6 is 0 Å². The first-order valence-electron chi connectivity index (χ1n) is 4.37.